The van der Waals surface area contributed by atoms with Crippen molar-refractivity contribution < 1.29 is 13.2 Å². The van der Waals surface area contributed by atoms with Crippen molar-refractivity contribution in [1.29, 1.82) is 0 Å². The Bertz CT molecular complexity index is 989. The van der Waals surface area contributed by atoms with E-state index in [-0.39, 0.29) is 10.8 Å². The number of hydrogen-bond donors (Lipinski definition) is 0. The Balaban J connectivity index is 1.56. The van der Waals surface area contributed by atoms with Crippen LogP contribution in [0.2, 0.25) is 5.02 Å². The van der Waals surface area contributed by atoms with E-state index in [9.17, 15) is 13.2 Å². The highest BCUT2D eigenvalue weighted by Crippen LogP contribution is 2.47. The number of hydrogen-bond acceptors (Lipinski definition) is 4. The predicted octanol–water partition coefficient (Wildman–Crippen LogP) is 4.36. The minimum Gasteiger partial charge on any atom is -0.296 e. The number of nitrogens with zero attached hydrogens (tertiary/aromatic N) is 2. The molecule has 2 heterocycles. The Hall–Kier alpha value is -1.06. The Kier molecular flexibility index (Phi) is 5.52. The molecule has 2 aliphatic rings. The van der Waals surface area contributed by atoms with E-state index in [0.717, 1.165) is 10.2 Å². The van der Waals surface area contributed by atoms with E-state index in [4.69, 9.17) is 11.6 Å². The molecule has 0 saturated carbocycles. The lowest BCUT2D eigenvalue weighted by molar-refractivity contribution is -0.116. The first-order chi connectivity index (χ1) is 13.3. The molecule has 2 aliphatic heterocycles. The number of amides is 1. The van der Waals surface area contributed by atoms with Gasteiger partial charge >= 0.3 is 0 Å². The lowest BCUT2D eigenvalue weighted by Gasteiger charge is -2.43. The molecule has 5 nitrogen and oxygen atoms in total. The third-order valence-electron chi connectivity index (χ3n) is 5.16. The minimum absolute atomic E-state index is 0.0524. The third kappa shape index (κ3) is 3.61. The first-order valence-corrected chi connectivity index (χ1v) is 12.4. The van der Waals surface area contributed by atoms with E-state index in [0.29, 0.717) is 36.7 Å². The van der Waals surface area contributed by atoms with Gasteiger partial charge in [0.2, 0.25) is 15.9 Å². The molecule has 0 aliphatic carbocycles. The van der Waals surface area contributed by atoms with Crippen molar-refractivity contribution in [3.05, 3.63) is 58.0 Å². The van der Waals surface area contributed by atoms with Gasteiger partial charge in [0.05, 0.1) is 15.5 Å². The first kappa shape index (κ1) is 20.2. The molecule has 4 rings (SSSR count). The molecule has 0 radical (unpaired) electrons. The van der Waals surface area contributed by atoms with E-state index >= 15 is 0 Å². The van der Waals surface area contributed by atoms with Gasteiger partial charge in [-0.3, -0.25) is 9.69 Å². The SMILES string of the molecule is O=C1CSC2(CCN(S(=O)(=O)c3ccc(Br)cc3)CC2)N1c1ccc(Cl)cc1. The van der Waals surface area contributed by atoms with E-state index < -0.39 is 14.9 Å². The van der Waals surface area contributed by atoms with Crippen molar-refractivity contribution in [3.8, 4) is 0 Å². The second-order valence-electron chi connectivity index (χ2n) is 6.80. The van der Waals surface area contributed by atoms with E-state index in [1.807, 2.05) is 17.0 Å². The zero-order chi connectivity index (χ0) is 19.9. The molecule has 1 spiro atoms. The summed E-state index contributed by atoms with van der Waals surface area (Å²) in [5.74, 6) is 0.457. The van der Waals surface area contributed by atoms with Crippen molar-refractivity contribution in [2.75, 3.05) is 23.7 Å². The van der Waals surface area contributed by atoms with Crippen LogP contribution in [0, 0.1) is 0 Å². The number of rotatable bonds is 3. The number of anilines is 1. The molecule has 2 saturated heterocycles. The Morgan fingerprint density at radius 1 is 1.00 bits per heavy atom. The largest absolute Gasteiger partial charge is 0.296 e. The maximum absolute atomic E-state index is 13.0. The standard InChI is InChI=1S/C19H18BrClN2O3S2/c20-14-1-7-17(8-2-14)28(25,26)22-11-9-19(10-12-22)23(18(24)13-27-19)16-5-3-15(21)4-6-16/h1-8H,9-13H2. The molecule has 1 amide bonds. The van der Waals surface area contributed by atoms with Crippen LogP contribution in [0.25, 0.3) is 0 Å². The molecule has 2 aromatic carbocycles. The summed E-state index contributed by atoms with van der Waals surface area (Å²) in [4.78, 5) is 14.3. The van der Waals surface area contributed by atoms with Gasteiger partial charge in [-0.25, -0.2) is 8.42 Å². The summed E-state index contributed by atoms with van der Waals surface area (Å²) >= 11 is 10.9. The molecule has 0 aromatic heterocycles. The zero-order valence-corrected chi connectivity index (χ0v) is 18.8. The number of sulfonamides is 1. The summed E-state index contributed by atoms with van der Waals surface area (Å²) in [6.07, 6.45) is 1.17. The Morgan fingerprint density at radius 3 is 2.21 bits per heavy atom. The molecule has 2 fully saturated rings. The van der Waals surface area contributed by atoms with E-state index in [1.165, 1.54) is 4.31 Å². The quantitative estimate of drug-likeness (QED) is 0.627. The Morgan fingerprint density at radius 2 is 1.61 bits per heavy atom. The van der Waals surface area contributed by atoms with Crippen molar-refractivity contribution in [2.45, 2.75) is 22.6 Å². The summed E-state index contributed by atoms with van der Waals surface area (Å²) < 4.78 is 28.3. The van der Waals surface area contributed by atoms with Gasteiger partial charge < -0.3 is 0 Å². The maximum atomic E-state index is 13.0. The van der Waals surface area contributed by atoms with Crippen LogP contribution < -0.4 is 4.90 Å². The first-order valence-electron chi connectivity index (χ1n) is 8.80. The molecule has 0 bridgehead atoms. The van der Waals surface area contributed by atoms with Crippen LogP contribution in [0.5, 0.6) is 0 Å². The average Bonchev–Trinajstić information content (AvgIpc) is 2.99. The molecule has 2 aromatic rings. The number of benzene rings is 2. The summed E-state index contributed by atoms with van der Waals surface area (Å²) in [5, 5.41) is 0.618. The summed E-state index contributed by atoms with van der Waals surface area (Å²) in [5.41, 5.74) is 0.809. The van der Waals surface area contributed by atoms with Gasteiger partial charge in [-0.2, -0.15) is 4.31 Å². The van der Waals surface area contributed by atoms with Crippen molar-refractivity contribution in [1.82, 2.24) is 4.31 Å². The third-order valence-corrected chi connectivity index (χ3v) is 9.37. The smallest absolute Gasteiger partial charge is 0.243 e. The van der Waals surface area contributed by atoms with Gasteiger partial charge in [0.25, 0.3) is 0 Å². The molecular formula is C19H18BrClN2O3S2. The molecular weight excluding hydrogens is 484 g/mol. The molecule has 9 heteroatoms. The van der Waals surface area contributed by atoms with Gasteiger partial charge in [-0.05, 0) is 61.4 Å². The lowest BCUT2D eigenvalue weighted by Crippen LogP contribution is -2.53. The van der Waals surface area contributed by atoms with Crippen LogP contribution in [0.1, 0.15) is 12.8 Å². The van der Waals surface area contributed by atoms with E-state index in [2.05, 4.69) is 15.9 Å². The lowest BCUT2D eigenvalue weighted by atomic mass is 10.0. The number of halogens is 2. The maximum Gasteiger partial charge on any atom is 0.243 e. The summed E-state index contributed by atoms with van der Waals surface area (Å²) in [7, 11) is -3.54. The summed E-state index contributed by atoms with van der Waals surface area (Å²) in [6.45, 7) is 0.755. The number of carbonyl (C=O) groups excluding carboxylic acids is 1. The van der Waals surface area contributed by atoms with Crippen molar-refractivity contribution >= 4 is 60.9 Å². The molecule has 0 N–H and O–H groups in total. The zero-order valence-electron chi connectivity index (χ0n) is 14.8. The Labute approximate surface area is 182 Å². The van der Waals surface area contributed by atoms with Crippen molar-refractivity contribution in [3.63, 3.8) is 0 Å². The summed E-state index contributed by atoms with van der Waals surface area (Å²) in [6, 6.07) is 13.9. The molecule has 148 valence electrons. The second-order valence-corrected chi connectivity index (χ2v) is 11.4. The van der Waals surface area contributed by atoms with Crippen LogP contribution in [0.15, 0.2) is 57.9 Å². The fourth-order valence-electron chi connectivity index (χ4n) is 3.72. The number of thioether (sulfide) groups is 1. The van der Waals surface area contributed by atoms with Gasteiger partial charge in [-0.15, -0.1) is 11.8 Å². The van der Waals surface area contributed by atoms with Crippen molar-refractivity contribution in [2.24, 2.45) is 0 Å². The van der Waals surface area contributed by atoms with Crippen LogP contribution in [-0.2, 0) is 14.8 Å². The molecule has 0 atom stereocenters. The van der Waals surface area contributed by atoms with E-state index in [1.54, 1.807) is 48.2 Å². The normalized spacial score (nSPS) is 20.1. The highest BCUT2D eigenvalue weighted by atomic mass is 79.9. The van der Waals surface area contributed by atoms with Crippen LogP contribution in [-0.4, -0.2) is 42.3 Å². The molecule has 28 heavy (non-hydrogen) atoms. The van der Waals surface area contributed by atoms with Crippen LogP contribution in [0.4, 0.5) is 5.69 Å². The van der Waals surface area contributed by atoms with Gasteiger partial charge in [0.15, 0.2) is 0 Å². The topological polar surface area (TPSA) is 57.7 Å². The predicted molar refractivity (Wildman–Crippen MR) is 116 cm³/mol. The highest BCUT2D eigenvalue weighted by Gasteiger charge is 2.49. The number of piperidine rings is 1. The highest BCUT2D eigenvalue weighted by molar-refractivity contribution is 9.10. The molecule has 0 unspecified atom stereocenters. The fourth-order valence-corrected chi connectivity index (χ4v) is 6.88. The fraction of sp³-hybridized carbons (Fsp3) is 0.316. The second kappa shape index (κ2) is 7.65. The number of carbonyl (C=O) groups is 1. The van der Waals surface area contributed by atoms with Crippen LogP contribution >= 0.6 is 39.3 Å². The minimum atomic E-state index is -3.54. The monoisotopic (exact) mass is 500 g/mol. The van der Waals surface area contributed by atoms with Gasteiger partial charge in [0.1, 0.15) is 0 Å². The van der Waals surface area contributed by atoms with Gasteiger partial charge in [0, 0.05) is 28.3 Å². The van der Waals surface area contributed by atoms with Crippen LogP contribution in [0.3, 0.4) is 0 Å². The van der Waals surface area contributed by atoms with Gasteiger partial charge in [-0.1, -0.05) is 27.5 Å². The average molecular weight is 502 g/mol.